The molecule has 0 radical (unpaired) electrons. The van der Waals surface area contributed by atoms with E-state index in [-0.39, 0.29) is 4.90 Å². The molecule has 142 valence electrons. The Morgan fingerprint density at radius 2 is 1.50 bits per heavy atom. The fraction of sp³-hybridized carbons (Fsp3) is 0.0476. The maximum absolute atomic E-state index is 11.6. The Labute approximate surface area is 173 Å². The zero-order valence-electron chi connectivity index (χ0n) is 14.5. The molecule has 0 spiro atoms. The van der Waals surface area contributed by atoms with E-state index in [4.69, 9.17) is 33.1 Å². The summed E-state index contributed by atoms with van der Waals surface area (Å²) in [5.74, 6) is 1.38. The molecule has 3 aromatic carbocycles. The normalized spacial score (nSPS) is 13.8. The van der Waals surface area contributed by atoms with E-state index in [1.54, 1.807) is 18.2 Å². The van der Waals surface area contributed by atoms with Crippen LogP contribution in [0.3, 0.4) is 0 Å². The number of hydrogen-bond acceptors (Lipinski definition) is 3. The van der Waals surface area contributed by atoms with Gasteiger partial charge in [-0.05, 0) is 59.7 Å². The quantitative estimate of drug-likeness (QED) is 0.623. The molecule has 4 rings (SSSR count). The maximum Gasteiger partial charge on any atom is 0.238 e. The van der Waals surface area contributed by atoms with Crippen molar-refractivity contribution in [1.29, 1.82) is 0 Å². The molecule has 7 heteroatoms. The molecule has 0 saturated carbocycles. The Kier molecular flexibility index (Phi) is 4.93. The first-order chi connectivity index (χ1) is 13.3. The smallest absolute Gasteiger partial charge is 0.238 e. The fourth-order valence-electron chi connectivity index (χ4n) is 3.18. The van der Waals surface area contributed by atoms with Gasteiger partial charge in [-0.15, -0.1) is 0 Å². The average molecular weight is 432 g/mol. The summed E-state index contributed by atoms with van der Waals surface area (Å²) in [4.78, 5) is 0.0420. The summed E-state index contributed by atoms with van der Waals surface area (Å²) in [5.41, 5.74) is 3.52. The van der Waals surface area contributed by atoms with Crippen molar-refractivity contribution in [3.05, 3.63) is 93.5 Å². The van der Waals surface area contributed by atoms with Crippen molar-refractivity contribution in [2.75, 3.05) is 0 Å². The molecule has 0 fully saturated rings. The largest absolute Gasteiger partial charge is 0.456 e. The van der Waals surface area contributed by atoms with E-state index in [2.05, 4.69) is 0 Å². The zero-order chi connectivity index (χ0) is 19.9. The molecule has 2 N–H and O–H groups in total. The number of benzene rings is 3. The Morgan fingerprint density at radius 1 is 0.857 bits per heavy atom. The number of primary sulfonamides is 1. The highest BCUT2D eigenvalue weighted by atomic mass is 35.5. The molecule has 28 heavy (non-hydrogen) atoms. The molecule has 4 nitrogen and oxygen atoms in total. The fourth-order valence-corrected chi connectivity index (χ4v) is 4.22. The van der Waals surface area contributed by atoms with Crippen molar-refractivity contribution in [2.24, 2.45) is 5.14 Å². The molecule has 1 aliphatic rings. The van der Waals surface area contributed by atoms with Crippen LogP contribution in [0.25, 0.3) is 11.3 Å². The lowest BCUT2D eigenvalue weighted by molar-refractivity contribution is 0.502. The Hall–Kier alpha value is -2.31. The molecule has 0 bridgehead atoms. The number of rotatable bonds is 3. The highest BCUT2D eigenvalue weighted by molar-refractivity contribution is 7.89. The first-order valence-electron chi connectivity index (χ1n) is 8.40. The second-order valence-corrected chi connectivity index (χ2v) is 8.86. The van der Waals surface area contributed by atoms with Crippen molar-refractivity contribution in [3.63, 3.8) is 0 Å². The minimum atomic E-state index is -3.77. The minimum absolute atomic E-state index is 0.0420. The van der Waals surface area contributed by atoms with Crippen molar-refractivity contribution in [3.8, 4) is 5.75 Å². The monoisotopic (exact) mass is 431 g/mol. The maximum atomic E-state index is 11.6. The van der Waals surface area contributed by atoms with Gasteiger partial charge < -0.3 is 4.74 Å². The molecule has 0 saturated heterocycles. The number of hydrogen-bond donors (Lipinski definition) is 1. The molecule has 0 amide bonds. The standard InChI is InChI=1S/C21H15Cl2NO3S/c22-16-9-15(10-17(23)12-16)19-11-14-3-1-2-4-20(14)27-21(19)13-5-7-18(8-6-13)28(24,25)26/h1-10,12H,11H2,(H2,24,25,26). The van der Waals surface area contributed by atoms with E-state index in [9.17, 15) is 8.42 Å². The summed E-state index contributed by atoms with van der Waals surface area (Å²) in [5, 5.41) is 6.25. The third kappa shape index (κ3) is 3.80. The van der Waals surface area contributed by atoms with E-state index in [1.807, 2.05) is 36.4 Å². The van der Waals surface area contributed by atoms with Crippen molar-refractivity contribution in [2.45, 2.75) is 11.3 Å². The van der Waals surface area contributed by atoms with Gasteiger partial charge >= 0.3 is 0 Å². The molecular formula is C21H15Cl2NO3S. The van der Waals surface area contributed by atoms with Crippen molar-refractivity contribution < 1.29 is 13.2 Å². The SMILES string of the molecule is NS(=O)(=O)c1ccc(C2=C(c3cc(Cl)cc(Cl)c3)Cc3ccccc3O2)cc1. The van der Waals surface area contributed by atoms with Gasteiger partial charge in [0.15, 0.2) is 0 Å². The van der Waals surface area contributed by atoms with Crippen molar-refractivity contribution in [1.82, 2.24) is 0 Å². The lowest BCUT2D eigenvalue weighted by Crippen LogP contribution is -2.12. The molecule has 3 aromatic rings. The van der Waals surface area contributed by atoms with E-state index in [0.29, 0.717) is 22.2 Å². The van der Waals surface area contributed by atoms with Gasteiger partial charge in [0, 0.05) is 27.6 Å². The third-order valence-corrected chi connectivity index (χ3v) is 5.85. The van der Waals surface area contributed by atoms with Crippen LogP contribution in [0.1, 0.15) is 16.7 Å². The highest BCUT2D eigenvalue weighted by Crippen LogP contribution is 2.40. The molecule has 0 atom stereocenters. The van der Waals surface area contributed by atoms with Crippen LogP contribution in [0.2, 0.25) is 10.0 Å². The number of halogens is 2. The Balaban J connectivity index is 1.89. The van der Waals surface area contributed by atoms with Gasteiger partial charge in [-0.2, -0.15) is 0 Å². The van der Waals surface area contributed by atoms with Crippen LogP contribution in [-0.4, -0.2) is 8.42 Å². The average Bonchev–Trinajstić information content (AvgIpc) is 2.65. The summed E-state index contributed by atoms with van der Waals surface area (Å²) in [7, 11) is -3.77. The van der Waals surface area contributed by atoms with Crippen LogP contribution >= 0.6 is 23.2 Å². The number of para-hydroxylation sites is 1. The van der Waals surface area contributed by atoms with E-state index >= 15 is 0 Å². The van der Waals surface area contributed by atoms with Gasteiger partial charge in [-0.25, -0.2) is 13.6 Å². The molecule has 0 unspecified atom stereocenters. The molecule has 0 aliphatic carbocycles. The minimum Gasteiger partial charge on any atom is -0.456 e. The van der Waals surface area contributed by atoms with Crippen LogP contribution < -0.4 is 9.88 Å². The van der Waals surface area contributed by atoms with Gasteiger partial charge in [0.05, 0.1) is 4.90 Å². The van der Waals surface area contributed by atoms with Crippen molar-refractivity contribution >= 4 is 44.6 Å². The Bertz CT molecular complexity index is 1180. The van der Waals surface area contributed by atoms with Gasteiger partial charge in [-0.1, -0.05) is 41.4 Å². The van der Waals surface area contributed by atoms with Crippen LogP contribution in [0.15, 0.2) is 71.6 Å². The number of fused-ring (bicyclic) bond motifs is 1. The van der Waals surface area contributed by atoms with Crippen LogP contribution in [-0.2, 0) is 16.4 Å². The van der Waals surface area contributed by atoms with Crippen LogP contribution in [0, 0.1) is 0 Å². The summed E-state index contributed by atoms with van der Waals surface area (Å²) in [6.45, 7) is 0. The first-order valence-corrected chi connectivity index (χ1v) is 10.7. The van der Waals surface area contributed by atoms with Gasteiger partial charge in [0.1, 0.15) is 11.5 Å². The molecule has 1 aliphatic heterocycles. The second kappa shape index (κ2) is 7.26. The summed E-state index contributed by atoms with van der Waals surface area (Å²) < 4.78 is 29.3. The van der Waals surface area contributed by atoms with Gasteiger partial charge in [0.25, 0.3) is 0 Å². The zero-order valence-corrected chi connectivity index (χ0v) is 16.9. The lowest BCUT2D eigenvalue weighted by Gasteiger charge is -2.24. The van der Waals surface area contributed by atoms with Crippen LogP contribution in [0.5, 0.6) is 5.75 Å². The topological polar surface area (TPSA) is 69.4 Å². The Morgan fingerprint density at radius 3 is 2.14 bits per heavy atom. The van der Waals surface area contributed by atoms with E-state index < -0.39 is 10.0 Å². The van der Waals surface area contributed by atoms with E-state index in [0.717, 1.165) is 28.0 Å². The lowest BCUT2D eigenvalue weighted by atomic mass is 9.92. The molecule has 0 aromatic heterocycles. The van der Waals surface area contributed by atoms with E-state index in [1.165, 1.54) is 12.1 Å². The number of nitrogens with two attached hydrogens (primary N) is 1. The molecular weight excluding hydrogens is 417 g/mol. The third-order valence-electron chi connectivity index (χ3n) is 4.48. The van der Waals surface area contributed by atoms with Crippen LogP contribution in [0.4, 0.5) is 0 Å². The highest BCUT2D eigenvalue weighted by Gasteiger charge is 2.23. The predicted octanol–water partition coefficient (Wildman–Crippen LogP) is 5.14. The summed E-state index contributed by atoms with van der Waals surface area (Å²) in [6.07, 6.45) is 0.624. The van der Waals surface area contributed by atoms with Gasteiger partial charge in [-0.3, -0.25) is 0 Å². The second-order valence-electron chi connectivity index (χ2n) is 6.42. The summed E-state index contributed by atoms with van der Waals surface area (Å²) in [6, 6.07) is 19.4. The summed E-state index contributed by atoms with van der Waals surface area (Å²) >= 11 is 12.4. The number of sulfonamides is 1. The predicted molar refractivity (Wildman–Crippen MR) is 112 cm³/mol. The number of allylic oxidation sites excluding steroid dienone is 1. The molecule has 1 heterocycles. The van der Waals surface area contributed by atoms with Gasteiger partial charge in [0.2, 0.25) is 10.0 Å². The number of ether oxygens (including phenoxy) is 1. The first kappa shape index (κ1) is 19.0.